The summed E-state index contributed by atoms with van der Waals surface area (Å²) < 4.78 is 0. The number of hydrogen-bond donors (Lipinski definition) is 3. The molecule has 0 radical (unpaired) electrons. The number of amides is 1. The molecule has 1 fully saturated rings. The summed E-state index contributed by atoms with van der Waals surface area (Å²) >= 11 is 0. The van der Waals surface area contributed by atoms with Crippen LogP contribution in [-0.2, 0) is 4.79 Å². The third kappa shape index (κ3) is 2.87. The van der Waals surface area contributed by atoms with Gasteiger partial charge in [-0.05, 0) is 18.8 Å². The predicted molar refractivity (Wildman–Crippen MR) is 62.2 cm³/mol. The standard InChI is InChI=1S/C11H21N3O2/c1-8(2)7-9(15)13-11(10(12)14-16)5-3-4-6-11/h8,16H,3-7H2,1-2H3,(H2,12,14)(H,13,15). The van der Waals surface area contributed by atoms with Crippen LogP contribution < -0.4 is 11.1 Å². The summed E-state index contributed by atoms with van der Waals surface area (Å²) in [5.41, 5.74) is 5.07. The fourth-order valence-electron chi connectivity index (χ4n) is 2.21. The van der Waals surface area contributed by atoms with Crippen molar-refractivity contribution in [3.63, 3.8) is 0 Å². The molecule has 92 valence electrons. The van der Waals surface area contributed by atoms with E-state index in [2.05, 4.69) is 10.5 Å². The Balaban J connectivity index is 2.69. The third-order valence-corrected chi connectivity index (χ3v) is 3.03. The van der Waals surface area contributed by atoms with Gasteiger partial charge in [0.05, 0.1) is 0 Å². The van der Waals surface area contributed by atoms with E-state index in [0.29, 0.717) is 12.3 Å². The van der Waals surface area contributed by atoms with Gasteiger partial charge in [-0.15, -0.1) is 0 Å². The monoisotopic (exact) mass is 227 g/mol. The number of nitrogens with two attached hydrogens (primary N) is 1. The van der Waals surface area contributed by atoms with Crippen LogP contribution in [0.1, 0.15) is 46.0 Å². The normalized spacial score (nSPS) is 20.1. The highest BCUT2D eigenvalue weighted by atomic mass is 16.4. The van der Waals surface area contributed by atoms with E-state index in [1.165, 1.54) is 0 Å². The van der Waals surface area contributed by atoms with Crippen LogP contribution in [0.4, 0.5) is 0 Å². The summed E-state index contributed by atoms with van der Waals surface area (Å²) in [4.78, 5) is 11.7. The summed E-state index contributed by atoms with van der Waals surface area (Å²) in [6, 6.07) is 0. The molecule has 1 amide bonds. The van der Waals surface area contributed by atoms with Crippen LogP contribution in [0.15, 0.2) is 5.16 Å². The summed E-state index contributed by atoms with van der Waals surface area (Å²) in [5.74, 6) is 0.413. The quantitative estimate of drug-likeness (QED) is 0.292. The van der Waals surface area contributed by atoms with Crippen LogP contribution in [0.5, 0.6) is 0 Å². The lowest BCUT2D eigenvalue weighted by Gasteiger charge is -2.29. The van der Waals surface area contributed by atoms with Gasteiger partial charge in [-0.2, -0.15) is 0 Å². The molecule has 1 saturated carbocycles. The number of nitrogens with one attached hydrogen (secondary N) is 1. The first-order valence-corrected chi connectivity index (χ1v) is 5.79. The molecule has 1 aliphatic rings. The van der Waals surface area contributed by atoms with Crippen molar-refractivity contribution in [2.45, 2.75) is 51.5 Å². The zero-order chi connectivity index (χ0) is 12.2. The molecule has 0 saturated heterocycles. The zero-order valence-corrected chi connectivity index (χ0v) is 9.99. The Kier molecular flexibility index (Phi) is 4.15. The van der Waals surface area contributed by atoms with Crippen LogP contribution in [-0.4, -0.2) is 22.5 Å². The lowest BCUT2D eigenvalue weighted by atomic mass is 9.95. The van der Waals surface area contributed by atoms with E-state index in [1.807, 2.05) is 13.8 Å². The summed E-state index contributed by atoms with van der Waals surface area (Å²) in [7, 11) is 0. The van der Waals surface area contributed by atoms with E-state index < -0.39 is 5.54 Å². The van der Waals surface area contributed by atoms with Crippen molar-refractivity contribution in [1.82, 2.24) is 5.32 Å². The summed E-state index contributed by atoms with van der Waals surface area (Å²) in [6.45, 7) is 3.98. The number of amidine groups is 1. The van der Waals surface area contributed by atoms with Crippen molar-refractivity contribution in [3.05, 3.63) is 0 Å². The maximum atomic E-state index is 11.7. The molecule has 16 heavy (non-hydrogen) atoms. The van der Waals surface area contributed by atoms with Gasteiger partial charge in [0.1, 0.15) is 5.54 Å². The van der Waals surface area contributed by atoms with Gasteiger partial charge in [0.25, 0.3) is 0 Å². The lowest BCUT2D eigenvalue weighted by Crippen LogP contribution is -2.55. The van der Waals surface area contributed by atoms with Gasteiger partial charge < -0.3 is 16.3 Å². The molecule has 0 aliphatic heterocycles. The molecule has 4 N–H and O–H groups in total. The van der Waals surface area contributed by atoms with Crippen LogP contribution >= 0.6 is 0 Å². The highest BCUT2D eigenvalue weighted by molar-refractivity contribution is 5.94. The summed E-state index contributed by atoms with van der Waals surface area (Å²) in [6.07, 6.45) is 3.98. The van der Waals surface area contributed by atoms with Gasteiger partial charge in [0.2, 0.25) is 5.91 Å². The van der Waals surface area contributed by atoms with Crippen LogP contribution in [0, 0.1) is 5.92 Å². The van der Waals surface area contributed by atoms with Gasteiger partial charge in [0.15, 0.2) is 5.84 Å². The Bertz CT molecular complexity index is 281. The van der Waals surface area contributed by atoms with Gasteiger partial charge in [-0.1, -0.05) is 31.8 Å². The Morgan fingerprint density at radius 3 is 2.50 bits per heavy atom. The molecular weight excluding hydrogens is 206 g/mol. The molecule has 1 aliphatic carbocycles. The molecule has 0 aromatic rings. The van der Waals surface area contributed by atoms with Crippen LogP contribution in [0.25, 0.3) is 0 Å². The van der Waals surface area contributed by atoms with Crippen molar-refractivity contribution in [1.29, 1.82) is 0 Å². The van der Waals surface area contributed by atoms with Gasteiger partial charge in [0, 0.05) is 6.42 Å². The average molecular weight is 227 g/mol. The minimum Gasteiger partial charge on any atom is -0.409 e. The first-order chi connectivity index (χ1) is 7.50. The van der Waals surface area contributed by atoms with E-state index in [1.54, 1.807) is 0 Å². The average Bonchev–Trinajstić information content (AvgIpc) is 2.64. The minimum absolute atomic E-state index is 0.0245. The Morgan fingerprint density at radius 1 is 1.50 bits per heavy atom. The number of rotatable bonds is 4. The van der Waals surface area contributed by atoms with Crippen LogP contribution in [0.3, 0.4) is 0 Å². The number of carbonyl (C=O) groups excluding carboxylic acids is 1. The first kappa shape index (κ1) is 12.8. The smallest absolute Gasteiger partial charge is 0.221 e. The molecule has 0 atom stereocenters. The van der Waals surface area contributed by atoms with E-state index in [0.717, 1.165) is 25.7 Å². The Morgan fingerprint density at radius 2 is 2.06 bits per heavy atom. The maximum absolute atomic E-state index is 11.7. The molecule has 0 heterocycles. The molecule has 0 unspecified atom stereocenters. The van der Waals surface area contributed by atoms with Crippen LogP contribution in [0.2, 0.25) is 0 Å². The highest BCUT2D eigenvalue weighted by Gasteiger charge is 2.39. The number of hydrogen-bond acceptors (Lipinski definition) is 3. The van der Waals surface area contributed by atoms with Crippen molar-refractivity contribution in [3.8, 4) is 0 Å². The van der Waals surface area contributed by atoms with Gasteiger partial charge >= 0.3 is 0 Å². The Labute approximate surface area is 96.1 Å². The number of nitrogens with zero attached hydrogens (tertiary/aromatic N) is 1. The van der Waals surface area contributed by atoms with Crippen molar-refractivity contribution >= 4 is 11.7 Å². The number of oxime groups is 1. The van der Waals surface area contributed by atoms with E-state index >= 15 is 0 Å². The second kappa shape index (κ2) is 5.18. The van der Waals surface area contributed by atoms with E-state index in [-0.39, 0.29) is 11.7 Å². The molecule has 0 aromatic heterocycles. The third-order valence-electron chi connectivity index (χ3n) is 3.03. The van der Waals surface area contributed by atoms with E-state index in [4.69, 9.17) is 10.9 Å². The molecule has 0 spiro atoms. The first-order valence-electron chi connectivity index (χ1n) is 5.79. The van der Waals surface area contributed by atoms with Crippen molar-refractivity contribution < 1.29 is 10.0 Å². The molecule has 0 bridgehead atoms. The lowest BCUT2D eigenvalue weighted by molar-refractivity contribution is -0.123. The SMILES string of the molecule is CC(C)CC(=O)NC1(C(N)=NO)CCCC1. The van der Waals surface area contributed by atoms with Gasteiger partial charge in [-0.25, -0.2) is 0 Å². The summed E-state index contributed by atoms with van der Waals surface area (Å²) in [5, 5.41) is 14.7. The molecule has 5 nitrogen and oxygen atoms in total. The van der Waals surface area contributed by atoms with Gasteiger partial charge in [-0.3, -0.25) is 4.79 Å². The predicted octanol–water partition coefficient (Wildman–Crippen LogP) is 1.21. The minimum atomic E-state index is -0.610. The largest absolute Gasteiger partial charge is 0.409 e. The molecule has 5 heteroatoms. The number of carbonyl (C=O) groups is 1. The zero-order valence-electron chi connectivity index (χ0n) is 9.99. The fraction of sp³-hybridized carbons (Fsp3) is 0.818. The Hall–Kier alpha value is -1.26. The maximum Gasteiger partial charge on any atom is 0.221 e. The second-order valence-corrected chi connectivity index (χ2v) is 4.92. The highest BCUT2D eigenvalue weighted by Crippen LogP contribution is 2.30. The topological polar surface area (TPSA) is 87.7 Å². The van der Waals surface area contributed by atoms with Crippen molar-refractivity contribution in [2.75, 3.05) is 0 Å². The van der Waals surface area contributed by atoms with E-state index in [9.17, 15) is 4.79 Å². The molecule has 1 rings (SSSR count). The fourth-order valence-corrected chi connectivity index (χ4v) is 2.21. The molecular formula is C11H21N3O2. The van der Waals surface area contributed by atoms with Crippen molar-refractivity contribution in [2.24, 2.45) is 16.8 Å². The molecule has 0 aromatic carbocycles. The second-order valence-electron chi connectivity index (χ2n) is 4.92.